The zero-order chi connectivity index (χ0) is 22.2. The molecule has 3 aromatic carbocycles. The largest absolute Gasteiger partial charge is 0.461 e. The summed E-state index contributed by atoms with van der Waals surface area (Å²) in [6, 6.07) is 20.4. The highest BCUT2D eigenvalue weighted by atomic mass is 16.5. The number of aryl methyl sites for hydroxylation is 1. The summed E-state index contributed by atoms with van der Waals surface area (Å²) < 4.78 is 10.9. The Balaban J connectivity index is 1.37. The first-order valence-corrected chi connectivity index (χ1v) is 10.5. The summed E-state index contributed by atoms with van der Waals surface area (Å²) in [6.45, 7) is 2.19. The topological polar surface area (TPSA) is 76.8 Å². The fourth-order valence-electron chi connectivity index (χ4n) is 4.24. The van der Waals surface area contributed by atoms with E-state index in [1.54, 1.807) is 11.0 Å². The van der Waals surface area contributed by atoms with Gasteiger partial charge in [0.1, 0.15) is 12.2 Å². The zero-order valence-corrected chi connectivity index (χ0v) is 17.5. The molecule has 0 N–H and O–H groups in total. The van der Waals surface area contributed by atoms with Crippen molar-refractivity contribution in [2.75, 3.05) is 11.4 Å². The quantitative estimate of drug-likeness (QED) is 0.275. The van der Waals surface area contributed by atoms with E-state index in [1.807, 2.05) is 61.5 Å². The predicted molar refractivity (Wildman–Crippen MR) is 121 cm³/mol. The van der Waals surface area contributed by atoms with Crippen LogP contribution in [0.25, 0.3) is 21.7 Å². The molecule has 5 rings (SSSR count). The average Bonchev–Trinajstić information content (AvgIpc) is 3.19. The third-order valence-electron chi connectivity index (χ3n) is 5.89. The van der Waals surface area contributed by atoms with Crippen molar-refractivity contribution >= 4 is 39.3 Å². The van der Waals surface area contributed by atoms with Gasteiger partial charge >= 0.3 is 11.6 Å². The Labute approximate surface area is 184 Å². The monoisotopic (exact) mass is 427 g/mol. The smallest absolute Gasteiger partial charge is 0.336 e. The Kier molecular flexibility index (Phi) is 4.98. The minimum atomic E-state index is -0.549. The number of nitrogens with zero attached hydrogens (tertiary/aromatic N) is 1. The molecule has 1 unspecified atom stereocenters. The van der Waals surface area contributed by atoms with E-state index in [0.29, 0.717) is 11.1 Å². The van der Waals surface area contributed by atoms with Crippen molar-refractivity contribution in [2.24, 2.45) is 5.92 Å². The average molecular weight is 427 g/mol. The molecule has 0 aliphatic carbocycles. The molecular weight excluding hydrogens is 406 g/mol. The lowest BCUT2D eigenvalue weighted by atomic mass is 10.0. The van der Waals surface area contributed by atoms with Gasteiger partial charge in [-0.3, -0.25) is 9.59 Å². The lowest BCUT2D eigenvalue weighted by molar-refractivity contribution is -0.149. The van der Waals surface area contributed by atoms with Crippen molar-refractivity contribution < 1.29 is 18.7 Å². The van der Waals surface area contributed by atoms with Crippen LogP contribution < -0.4 is 10.5 Å². The molecule has 1 aromatic heterocycles. The minimum absolute atomic E-state index is 0.0653. The molecule has 0 spiro atoms. The molecule has 6 heteroatoms. The molecule has 1 fully saturated rings. The van der Waals surface area contributed by atoms with Gasteiger partial charge in [-0.25, -0.2) is 4.79 Å². The van der Waals surface area contributed by atoms with Gasteiger partial charge in [0.25, 0.3) is 0 Å². The molecule has 1 aliphatic rings. The van der Waals surface area contributed by atoms with Crippen molar-refractivity contribution in [3.63, 3.8) is 0 Å². The third kappa shape index (κ3) is 3.64. The van der Waals surface area contributed by atoms with Crippen molar-refractivity contribution in [1.82, 2.24) is 0 Å². The maximum absolute atomic E-state index is 12.8. The summed E-state index contributed by atoms with van der Waals surface area (Å²) in [4.78, 5) is 38.9. The molecular formula is C26H21NO5. The number of esters is 1. The Morgan fingerprint density at radius 2 is 1.84 bits per heavy atom. The van der Waals surface area contributed by atoms with Crippen LogP contribution in [0, 0.1) is 12.8 Å². The van der Waals surface area contributed by atoms with Crippen molar-refractivity contribution in [1.29, 1.82) is 0 Å². The van der Waals surface area contributed by atoms with Gasteiger partial charge in [0.05, 0.1) is 5.92 Å². The Bertz CT molecular complexity index is 1400. The highest BCUT2D eigenvalue weighted by molar-refractivity contribution is 6.07. The Hall–Kier alpha value is -3.93. The summed E-state index contributed by atoms with van der Waals surface area (Å²) in [5.41, 5.74) is 2.41. The first-order valence-electron chi connectivity index (χ1n) is 10.5. The molecule has 1 atom stereocenters. The van der Waals surface area contributed by atoms with E-state index in [4.69, 9.17) is 9.15 Å². The van der Waals surface area contributed by atoms with Crippen LogP contribution >= 0.6 is 0 Å². The van der Waals surface area contributed by atoms with Gasteiger partial charge in [0.2, 0.25) is 5.91 Å². The van der Waals surface area contributed by atoms with Crippen molar-refractivity contribution in [3.8, 4) is 0 Å². The van der Waals surface area contributed by atoms with E-state index in [2.05, 4.69) is 0 Å². The first kappa shape index (κ1) is 20.0. The second-order valence-corrected chi connectivity index (χ2v) is 8.10. The van der Waals surface area contributed by atoms with Gasteiger partial charge in [-0.05, 0) is 35.9 Å². The number of amides is 1. The molecule has 160 valence electrons. The van der Waals surface area contributed by atoms with Gasteiger partial charge in [0.15, 0.2) is 0 Å². The molecule has 1 amide bonds. The number of fused-ring (bicyclic) bond motifs is 3. The number of hydrogen-bond acceptors (Lipinski definition) is 5. The summed E-state index contributed by atoms with van der Waals surface area (Å²) in [7, 11) is 0. The molecule has 32 heavy (non-hydrogen) atoms. The summed E-state index contributed by atoms with van der Waals surface area (Å²) in [5, 5.41) is 2.66. The number of ether oxygens (including phenoxy) is 1. The van der Waals surface area contributed by atoms with Gasteiger partial charge in [-0.1, -0.05) is 48.0 Å². The highest BCUT2D eigenvalue weighted by Gasteiger charge is 2.36. The van der Waals surface area contributed by atoms with E-state index < -0.39 is 17.5 Å². The van der Waals surface area contributed by atoms with Crippen LogP contribution in [0.3, 0.4) is 0 Å². The SMILES string of the molecule is Cc1ccc(N2CC(C(=O)OCc3cc(=O)oc4ccc5ccccc5c34)CC2=O)cc1. The fourth-order valence-corrected chi connectivity index (χ4v) is 4.24. The molecule has 4 aromatic rings. The van der Waals surface area contributed by atoms with Crippen LogP contribution in [0.1, 0.15) is 17.5 Å². The fraction of sp³-hybridized carbons (Fsp3) is 0.192. The first-order chi connectivity index (χ1) is 15.5. The lowest BCUT2D eigenvalue weighted by Crippen LogP contribution is -2.26. The van der Waals surface area contributed by atoms with E-state index in [0.717, 1.165) is 27.4 Å². The number of carbonyl (C=O) groups is 2. The second kappa shape index (κ2) is 7.96. The van der Waals surface area contributed by atoms with Crippen LogP contribution in [0.15, 0.2) is 75.9 Å². The number of hydrogen-bond donors (Lipinski definition) is 0. The van der Waals surface area contributed by atoms with Crippen LogP contribution in [0.4, 0.5) is 5.69 Å². The zero-order valence-electron chi connectivity index (χ0n) is 17.5. The van der Waals surface area contributed by atoms with E-state index in [9.17, 15) is 14.4 Å². The van der Waals surface area contributed by atoms with E-state index >= 15 is 0 Å². The predicted octanol–water partition coefficient (Wildman–Crippen LogP) is 4.35. The molecule has 2 heterocycles. The number of anilines is 1. The maximum atomic E-state index is 12.8. The van der Waals surface area contributed by atoms with E-state index in [1.165, 1.54) is 6.07 Å². The van der Waals surface area contributed by atoms with Crippen LogP contribution in [0.5, 0.6) is 0 Å². The van der Waals surface area contributed by atoms with Gasteiger partial charge in [-0.15, -0.1) is 0 Å². The molecule has 0 radical (unpaired) electrons. The van der Waals surface area contributed by atoms with Gasteiger partial charge in [0, 0.05) is 35.7 Å². The standard InChI is InChI=1S/C26H21NO5/c1-16-6-9-20(10-7-16)27-14-18(12-23(27)28)26(30)31-15-19-13-24(29)32-22-11-8-17-4-2-3-5-21(17)25(19)22/h2-11,13,18H,12,14-15H2,1H3. The molecule has 1 saturated heterocycles. The summed E-state index contributed by atoms with van der Waals surface area (Å²) in [6.07, 6.45) is 0.104. The Morgan fingerprint density at radius 3 is 2.66 bits per heavy atom. The second-order valence-electron chi connectivity index (χ2n) is 8.10. The molecule has 1 aliphatic heterocycles. The third-order valence-corrected chi connectivity index (χ3v) is 5.89. The summed E-state index contributed by atoms with van der Waals surface area (Å²) >= 11 is 0. The van der Waals surface area contributed by atoms with Gasteiger partial charge in [-0.2, -0.15) is 0 Å². The number of rotatable bonds is 4. The van der Waals surface area contributed by atoms with Crippen molar-refractivity contribution in [2.45, 2.75) is 20.0 Å². The number of carbonyl (C=O) groups excluding carboxylic acids is 2. The highest BCUT2D eigenvalue weighted by Crippen LogP contribution is 2.29. The summed E-state index contributed by atoms with van der Waals surface area (Å²) in [5.74, 6) is -1.10. The number of benzene rings is 3. The molecule has 6 nitrogen and oxygen atoms in total. The Morgan fingerprint density at radius 1 is 1.06 bits per heavy atom. The van der Waals surface area contributed by atoms with E-state index in [-0.39, 0.29) is 25.5 Å². The molecule has 0 saturated carbocycles. The normalized spacial score (nSPS) is 16.1. The van der Waals surface area contributed by atoms with Crippen LogP contribution in [-0.2, 0) is 20.9 Å². The van der Waals surface area contributed by atoms with Crippen LogP contribution in [-0.4, -0.2) is 18.4 Å². The maximum Gasteiger partial charge on any atom is 0.336 e. The lowest BCUT2D eigenvalue weighted by Gasteiger charge is -2.17. The van der Waals surface area contributed by atoms with Crippen LogP contribution in [0.2, 0.25) is 0 Å². The minimum Gasteiger partial charge on any atom is -0.461 e. The van der Waals surface area contributed by atoms with Crippen molar-refractivity contribution in [3.05, 3.63) is 88.3 Å². The van der Waals surface area contributed by atoms with Gasteiger partial charge < -0.3 is 14.1 Å². The molecule has 0 bridgehead atoms.